The molecule has 0 bridgehead atoms. The summed E-state index contributed by atoms with van der Waals surface area (Å²) >= 11 is 3.70. The zero-order valence-electron chi connectivity index (χ0n) is 12.5. The van der Waals surface area contributed by atoms with Gasteiger partial charge in [0, 0.05) is 24.7 Å². The fourth-order valence-corrected chi connectivity index (χ4v) is 3.72. The van der Waals surface area contributed by atoms with Gasteiger partial charge in [0.25, 0.3) is 0 Å². The summed E-state index contributed by atoms with van der Waals surface area (Å²) in [4.78, 5) is 0. The Kier molecular flexibility index (Phi) is 6.53. The van der Waals surface area contributed by atoms with Gasteiger partial charge >= 0.3 is 0 Å². The van der Waals surface area contributed by atoms with Gasteiger partial charge in [-0.15, -0.1) is 0 Å². The Morgan fingerprint density at radius 1 is 1.20 bits per heavy atom. The van der Waals surface area contributed by atoms with Crippen LogP contribution < -0.4 is 5.32 Å². The van der Waals surface area contributed by atoms with Crippen LogP contribution in [-0.4, -0.2) is 26.8 Å². The lowest BCUT2D eigenvalue weighted by atomic mass is 9.70. The second-order valence-corrected chi connectivity index (χ2v) is 6.85. The summed E-state index contributed by atoms with van der Waals surface area (Å²) in [6.07, 6.45) is 8.00. The normalized spacial score (nSPS) is 18.1. The second kappa shape index (κ2) is 8.16. The van der Waals surface area contributed by atoms with Crippen molar-refractivity contribution in [2.75, 3.05) is 26.8 Å². The molecule has 1 saturated carbocycles. The molecule has 1 aliphatic carbocycles. The highest BCUT2D eigenvalue weighted by atomic mass is 79.9. The number of nitrogens with one attached hydrogen (secondary N) is 1. The third-order valence-electron chi connectivity index (χ3n) is 4.42. The Hall–Kier alpha value is -0.380. The van der Waals surface area contributed by atoms with Crippen LogP contribution in [0.2, 0.25) is 0 Å². The maximum atomic E-state index is 5.13. The molecular formula is C17H26BrNO. The number of halogens is 1. The van der Waals surface area contributed by atoms with E-state index in [1.165, 1.54) is 48.6 Å². The predicted octanol–water partition coefficient (Wildman–Crippen LogP) is 4.18. The molecule has 2 nitrogen and oxygen atoms in total. The zero-order chi connectivity index (χ0) is 14.3. The minimum absolute atomic E-state index is 0.426. The summed E-state index contributed by atoms with van der Waals surface area (Å²) in [6.45, 7) is 2.86. The summed E-state index contributed by atoms with van der Waals surface area (Å²) in [5, 5.41) is 3.60. The largest absolute Gasteiger partial charge is 0.383 e. The van der Waals surface area contributed by atoms with Crippen molar-refractivity contribution in [1.82, 2.24) is 5.32 Å². The lowest BCUT2D eigenvalue weighted by molar-refractivity contribution is 0.162. The molecule has 0 unspecified atom stereocenters. The molecule has 20 heavy (non-hydrogen) atoms. The van der Waals surface area contributed by atoms with E-state index in [1.807, 2.05) is 0 Å². The molecular weight excluding hydrogens is 314 g/mol. The molecule has 0 saturated heterocycles. The van der Waals surface area contributed by atoms with E-state index in [9.17, 15) is 0 Å². The van der Waals surface area contributed by atoms with Crippen molar-refractivity contribution in [3.05, 3.63) is 34.3 Å². The number of ether oxygens (including phenoxy) is 1. The van der Waals surface area contributed by atoms with E-state index in [2.05, 4.69) is 45.5 Å². The standard InChI is InChI=1S/C17H26BrNO/c1-20-12-11-19-14-17(9-5-2-6-10-17)13-15-7-3-4-8-16(15)18/h3-4,7-8,19H,2,5-6,9-14H2,1H3. The Morgan fingerprint density at radius 3 is 2.65 bits per heavy atom. The van der Waals surface area contributed by atoms with Crippen LogP contribution in [0.5, 0.6) is 0 Å². The van der Waals surface area contributed by atoms with Crippen molar-refractivity contribution < 1.29 is 4.74 Å². The predicted molar refractivity (Wildman–Crippen MR) is 88.1 cm³/mol. The molecule has 0 aromatic heterocycles. The van der Waals surface area contributed by atoms with E-state index in [0.717, 1.165) is 19.7 Å². The third kappa shape index (κ3) is 4.57. The topological polar surface area (TPSA) is 21.3 Å². The van der Waals surface area contributed by atoms with E-state index < -0.39 is 0 Å². The molecule has 1 fully saturated rings. The van der Waals surface area contributed by atoms with Gasteiger partial charge in [-0.25, -0.2) is 0 Å². The Labute approximate surface area is 131 Å². The first kappa shape index (κ1) is 16.0. The fraction of sp³-hybridized carbons (Fsp3) is 0.647. The molecule has 0 aliphatic heterocycles. The van der Waals surface area contributed by atoms with Gasteiger partial charge in [-0.3, -0.25) is 0 Å². The van der Waals surface area contributed by atoms with Crippen LogP contribution in [0, 0.1) is 5.41 Å². The van der Waals surface area contributed by atoms with E-state index in [0.29, 0.717) is 5.41 Å². The quantitative estimate of drug-likeness (QED) is 0.752. The monoisotopic (exact) mass is 339 g/mol. The van der Waals surface area contributed by atoms with Gasteiger partial charge < -0.3 is 10.1 Å². The minimum Gasteiger partial charge on any atom is -0.383 e. The van der Waals surface area contributed by atoms with Crippen LogP contribution in [0.1, 0.15) is 37.7 Å². The lowest BCUT2D eigenvalue weighted by Gasteiger charge is -2.38. The van der Waals surface area contributed by atoms with Crippen molar-refractivity contribution in [2.45, 2.75) is 38.5 Å². The highest BCUT2D eigenvalue weighted by Crippen LogP contribution is 2.40. The molecule has 1 aromatic rings. The Balaban J connectivity index is 2.01. The first-order valence-corrected chi connectivity index (χ1v) is 8.48. The first-order chi connectivity index (χ1) is 9.76. The van der Waals surface area contributed by atoms with E-state index in [-0.39, 0.29) is 0 Å². The number of rotatable bonds is 7. The molecule has 0 amide bonds. The number of hydrogen-bond donors (Lipinski definition) is 1. The van der Waals surface area contributed by atoms with Crippen LogP contribution in [0.15, 0.2) is 28.7 Å². The summed E-state index contributed by atoms with van der Waals surface area (Å²) in [6, 6.07) is 8.66. The molecule has 0 heterocycles. The van der Waals surface area contributed by atoms with Gasteiger partial charge in [-0.1, -0.05) is 53.4 Å². The SMILES string of the molecule is COCCNCC1(Cc2ccccc2Br)CCCCC1. The average molecular weight is 340 g/mol. The van der Waals surface area contributed by atoms with Crippen LogP contribution in [-0.2, 0) is 11.2 Å². The molecule has 2 rings (SSSR count). The second-order valence-electron chi connectivity index (χ2n) is 6.00. The van der Waals surface area contributed by atoms with Gasteiger partial charge in [-0.05, 0) is 36.3 Å². The Bertz CT molecular complexity index is 402. The van der Waals surface area contributed by atoms with Crippen LogP contribution in [0.4, 0.5) is 0 Å². The molecule has 1 aliphatic rings. The van der Waals surface area contributed by atoms with Gasteiger partial charge in [0.15, 0.2) is 0 Å². The van der Waals surface area contributed by atoms with E-state index >= 15 is 0 Å². The fourth-order valence-electron chi connectivity index (χ4n) is 3.29. The molecule has 0 radical (unpaired) electrons. The molecule has 3 heteroatoms. The highest BCUT2D eigenvalue weighted by Gasteiger charge is 2.32. The summed E-state index contributed by atoms with van der Waals surface area (Å²) in [7, 11) is 1.76. The van der Waals surface area contributed by atoms with Crippen LogP contribution in [0.3, 0.4) is 0 Å². The van der Waals surface area contributed by atoms with Crippen LogP contribution in [0.25, 0.3) is 0 Å². The highest BCUT2D eigenvalue weighted by molar-refractivity contribution is 9.10. The summed E-state index contributed by atoms with van der Waals surface area (Å²) in [5.74, 6) is 0. The molecule has 1 N–H and O–H groups in total. The minimum atomic E-state index is 0.426. The van der Waals surface area contributed by atoms with Gasteiger partial charge in [-0.2, -0.15) is 0 Å². The lowest BCUT2D eigenvalue weighted by Crippen LogP contribution is -2.39. The average Bonchev–Trinajstić information content (AvgIpc) is 2.47. The summed E-state index contributed by atoms with van der Waals surface area (Å²) < 4.78 is 6.38. The van der Waals surface area contributed by atoms with Crippen molar-refractivity contribution in [1.29, 1.82) is 0 Å². The molecule has 1 aromatic carbocycles. The van der Waals surface area contributed by atoms with Gasteiger partial charge in [0.2, 0.25) is 0 Å². The van der Waals surface area contributed by atoms with Crippen molar-refractivity contribution in [2.24, 2.45) is 5.41 Å². The molecule has 112 valence electrons. The number of hydrogen-bond acceptors (Lipinski definition) is 2. The van der Waals surface area contributed by atoms with Crippen molar-refractivity contribution >= 4 is 15.9 Å². The Morgan fingerprint density at radius 2 is 1.95 bits per heavy atom. The van der Waals surface area contributed by atoms with E-state index in [1.54, 1.807) is 7.11 Å². The maximum Gasteiger partial charge on any atom is 0.0587 e. The number of methoxy groups -OCH3 is 1. The third-order valence-corrected chi connectivity index (χ3v) is 5.19. The maximum absolute atomic E-state index is 5.13. The smallest absolute Gasteiger partial charge is 0.0587 e. The van der Waals surface area contributed by atoms with E-state index in [4.69, 9.17) is 4.74 Å². The first-order valence-electron chi connectivity index (χ1n) is 7.69. The zero-order valence-corrected chi connectivity index (χ0v) is 14.0. The number of benzene rings is 1. The van der Waals surface area contributed by atoms with Crippen molar-refractivity contribution in [3.63, 3.8) is 0 Å². The van der Waals surface area contributed by atoms with Crippen LogP contribution >= 0.6 is 15.9 Å². The van der Waals surface area contributed by atoms with Gasteiger partial charge in [0.1, 0.15) is 0 Å². The van der Waals surface area contributed by atoms with Crippen molar-refractivity contribution in [3.8, 4) is 0 Å². The summed E-state index contributed by atoms with van der Waals surface area (Å²) in [5.41, 5.74) is 1.87. The molecule has 0 spiro atoms. The molecule has 0 atom stereocenters. The van der Waals surface area contributed by atoms with Gasteiger partial charge in [0.05, 0.1) is 6.61 Å².